The van der Waals surface area contributed by atoms with Crippen molar-refractivity contribution >= 4 is 10.8 Å². The Morgan fingerprint density at radius 3 is 2.50 bits per heavy atom. The monoisotopic (exact) mass is 319 g/mol. The Bertz CT molecular complexity index is 846. The summed E-state index contributed by atoms with van der Waals surface area (Å²) in [5.74, 6) is 0.934. The maximum atomic E-state index is 6.72. The molecule has 0 heterocycles. The van der Waals surface area contributed by atoms with Gasteiger partial charge in [-0.2, -0.15) is 0 Å². The van der Waals surface area contributed by atoms with Crippen LogP contribution >= 0.6 is 0 Å². The Morgan fingerprint density at radius 2 is 1.75 bits per heavy atom. The first-order valence-electron chi connectivity index (χ1n) is 8.42. The molecule has 2 nitrogen and oxygen atoms in total. The van der Waals surface area contributed by atoms with E-state index in [1.165, 1.54) is 27.5 Å². The van der Waals surface area contributed by atoms with E-state index in [-0.39, 0.29) is 5.54 Å². The van der Waals surface area contributed by atoms with Crippen molar-refractivity contribution in [2.45, 2.75) is 32.2 Å². The summed E-state index contributed by atoms with van der Waals surface area (Å²) < 4.78 is 5.34. The molecule has 1 atom stereocenters. The fourth-order valence-corrected chi connectivity index (χ4v) is 3.36. The topological polar surface area (TPSA) is 35.2 Å². The van der Waals surface area contributed by atoms with Gasteiger partial charge in [-0.05, 0) is 60.2 Å². The number of fused-ring (bicyclic) bond motifs is 1. The van der Waals surface area contributed by atoms with Gasteiger partial charge in [0, 0.05) is 5.54 Å². The van der Waals surface area contributed by atoms with Gasteiger partial charge in [-0.15, -0.1) is 0 Å². The molecule has 0 saturated carbocycles. The second-order valence-corrected chi connectivity index (χ2v) is 6.75. The molecule has 2 heteroatoms. The zero-order valence-corrected chi connectivity index (χ0v) is 14.7. The van der Waals surface area contributed by atoms with Crippen LogP contribution < -0.4 is 10.5 Å². The Balaban J connectivity index is 1.84. The van der Waals surface area contributed by atoms with Crippen molar-refractivity contribution in [2.75, 3.05) is 7.11 Å². The van der Waals surface area contributed by atoms with Gasteiger partial charge in [-0.25, -0.2) is 0 Å². The normalized spacial score (nSPS) is 13.7. The highest BCUT2D eigenvalue weighted by molar-refractivity contribution is 5.86. The van der Waals surface area contributed by atoms with E-state index in [0.29, 0.717) is 0 Å². The molecule has 3 rings (SSSR count). The van der Waals surface area contributed by atoms with Crippen LogP contribution in [0, 0.1) is 6.92 Å². The molecule has 0 aliphatic heterocycles. The van der Waals surface area contributed by atoms with Crippen molar-refractivity contribution in [1.82, 2.24) is 0 Å². The fraction of sp³-hybridized carbons (Fsp3) is 0.273. The predicted molar refractivity (Wildman–Crippen MR) is 102 cm³/mol. The van der Waals surface area contributed by atoms with E-state index in [1.54, 1.807) is 7.11 Å². The lowest BCUT2D eigenvalue weighted by atomic mass is 9.84. The van der Waals surface area contributed by atoms with Crippen LogP contribution in [0.2, 0.25) is 0 Å². The maximum Gasteiger partial charge on any atom is 0.121 e. The highest BCUT2D eigenvalue weighted by Gasteiger charge is 2.23. The molecule has 0 spiro atoms. The first-order valence-corrected chi connectivity index (χ1v) is 8.42. The van der Waals surface area contributed by atoms with E-state index in [9.17, 15) is 0 Å². The molecule has 124 valence electrons. The van der Waals surface area contributed by atoms with Crippen LogP contribution in [-0.2, 0) is 12.0 Å². The van der Waals surface area contributed by atoms with E-state index in [1.807, 2.05) is 6.07 Å². The van der Waals surface area contributed by atoms with Crippen molar-refractivity contribution in [2.24, 2.45) is 5.73 Å². The lowest BCUT2D eigenvalue weighted by Crippen LogP contribution is -2.33. The SMILES string of the molecule is COc1ccc(CCC(C)(N)c2cccc3ccccc23)cc1C. The van der Waals surface area contributed by atoms with E-state index in [4.69, 9.17) is 10.5 Å². The van der Waals surface area contributed by atoms with Crippen molar-refractivity contribution in [3.63, 3.8) is 0 Å². The first kappa shape index (κ1) is 16.5. The number of rotatable bonds is 5. The molecule has 0 aliphatic rings. The average Bonchev–Trinajstić information content (AvgIpc) is 2.59. The zero-order chi connectivity index (χ0) is 17.2. The minimum atomic E-state index is -0.366. The van der Waals surface area contributed by atoms with Gasteiger partial charge in [-0.1, -0.05) is 54.6 Å². The minimum Gasteiger partial charge on any atom is -0.496 e. The third-order valence-corrected chi connectivity index (χ3v) is 4.80. The highest BCUT2D eigenvalue weighted by Crippen LogP contribution is 2.31. The fourth-order valence-electron chi connectivity index (χ4n) is 3.36. The quantitative estimate of drug-likeness (QED) is 0.721. The van der Waals surface area contributed by atoms with Crippen molar-refractivity contribution in [1.29, 1.82) is 0 Å². The summed E-state index contributed by atoms with van der Waals surface area (Å²) in [6, 6.07) is 21.2. The van der Waals surface area contributed by atoms with Crippen molar-refractivity contribution in [3.05, 3.63) is 77.4 Å². The number of hydrogen-bond acceptors (Lipinski definition) is 2. The highest BCUT2D eigenvalue weighted by atomic mass is 16.5. The Morgan fingerprint density at radius 1 is 1.00 bits per heavy atom. The molecular weight excluding hydrogens is 294 g/mol. The van der Waals surface area contributed by atoms with Gasteiger partial charge < -0.3 is 10.5 Å². The number of hydrogen-bond donors (Lipinski definition) is 1. The lowest BCUT2D eigenvalue weighted by Gasteiger charge is -2.27. The third-order valence-electron chi connectivity index (χ3n) is 4.80. The van der Waals surface area contributed by atoms with E-state index < -0.39 is 0 Å². The van der Waals surface area contributed by atoms with Crippen LogP contribution in [0.4, 0.5) is 0 Å². The summed E-state index contributed by atoms with van der Waals surface area (Å²) in [5.41, 5.74) is 10.0. The molecule has 0 radical (unpaired) electrons. The minimum absolute atomic E-state index is 0.366. The number of aryl methyl sites for hydroxylation is 2. The van der Waals surface area contributed by atoms with Crippen LogP contribution in [-0.4, -0.2) is 7.11 Å². The van der Waals surface area contributed by atoms with Gasteiger partial charge in [0.15, 0.2) is 0 Å². The smallest absolute Gasteiger partial charge is 0.121 e. The Kier molecular flexibility index (Phi) is 4.59. The maximum absolute atomic E-state index is 6.72. The van der Waals surface area contributed by atoms with Crippen LogP contribution in [0.3, 0.4) is 0 Å². The van der Waals surface area contributed by atoms with Crippen LogP contribution in [0.15, 0.2) is 60.7 Å². The largest absolute Gasteiger partial charge is 0.496 e. The van der Waals surface area contributed by atoms with Gasteiger partial charge in [0.05, 0.1) is 7.11 Å². The molecule has 0 aliphatic carbocycles. The van der Waals surface area contributed by atoms with Gasteiger partial charge in [0.2, 0.25) is 0 Å². The van der Waals surface area contributed by atoms with Crippen molar-refractivity contribution < 1.29 is 4.74 Å². The third kappa shape index (κ3) is 3.29. The number of benzene rings is 3. The van der Waals surface area contributed by atoms with Gasteiger partial charge in [0.25, 0.3) is 0 Å². The van der Waals surface area contributed by atoms with Crippen LogP contribution in [0.25, 0.3) is 10.8 Å². The molecule has 0 bridgehead atoms. The second kappa shape index (κ2) is 6.66. The summed E-state index contributed by atoms with van der Waals surface area (Å²) in [7, 11) is 1.71. The van der Waals surface area contributed by atoms with Crippen molar-refractivity contribution in [3.8, 4) is 5.75 Å². The second-order valence-electron chi connectivity index (χ2n) is 6.75. The summed E-state index contributed by atoms with van der Waals surface area (Å²) >= 11 is 0. The zero-order valence-electron chi connectivity index (χ0n) is 14.7. The van der Waals surface area contributed by atoms with Crippen LogP contribution in [0.5, 0.6) is 5.75 Å². The predicted octanol–water partition coefficient (Wildman–Crippen LogP) is 4.96. The van der Waals surface area contributed by atoms with Gasteiger partial charge in [-0.3, -0.25) is 0 Å². The molecule has 0 saturated heterocycles. The van der Waals surface area contributed by atoms with Crippen LogP contribution in [0.1, 0.15) is 30.0 Å². The molecule has 0 amide bonds. The van der Waals surface area contributed by atoms with Gasteiger partial charge in [0.1, 0.15) is 5.75 Å². The summed E-state index contributed by atoms with van der Waals surface area (Å²) in [6.45, 7) is 4.21. The summed E-state index contributed by atoms with van der Waals surface area (Å²) in [6.07, 6.45) is 1.84. The molecule has 0 aromatic heterocycles. The summed E-state index contributed by atoms with van der Waals surface area (Å²) in [4.78, 5) is 0. The summed E-state index contributed by atoms with van der Waals surface area (Å²) in [5, 5.41) is 2.49. The van der Waals surface area contributed by atoms with E-state index in [2.05, 4.69) is 68.4 Å². The molecule has 3 aromatic rings. The number of ether oxygens (including phenoxy) is 1. The molecule has 2 N–H and O–H groups in total. The molecule has 0 fully saturated rings. The molecular formula is C22H25NO. The van der Waals surface area contributed by atoms with Gasteiger partial charge >= 0.3 is 0 Å². The van der Waals surface area contributed by atoms with E-state index in [0.717, 1.165) is 18.6 Å². The number of methoxy groups -OCH3 is 1. The Hall–Kier alpha value is -2.32. The standard InChI is InChI=1S/C22H25NO/c1-16-15-17(11-12-21(16)24-3)13-14-22(2,23)20-10-6-8-18-7-4-5-9-19(18)20/h4-12,15H,13-14,23H2,1-3H3. The molecule has 1 unspecified atom stereocenters. The average molecular weight is 319 g/mol. The first-order chi connectivity index (χ1) is 11.5. The molecule has 24 heavy (non-hydrogen) atoms. The molecule has 3 aromatic carbocycles. The Labute approximate surface area is 144 Å². The lowest BCUT2D eigenvalue weighted by molar-refractivity contribution is 0.411. The van der Waals surface area contributed by atoms with E-state index >= 15 is 0 Å². The number of nitrogens with two attached hydrogens (primary N) is 1.